The Morgan fingerprint density at radius 2 is 2.33 bits per heavy atom. The van der Waals surface area contributed by atoms with Crippen LogP contribution in [0, 0.1) is 11.3 Å². The maximum Gasteiger partial charge on any atom is 0.219 e. The van der Waals surface area contributed by atoms with Crippen molar-refractivity contribution < 1.29 is 10.0 Å². The van der Waals surface area contributed by atoms with Crippen LogP contribution in [0.2, 0.25) is 0 Å². The first-order chi connectivity index (χ1) is 5.63. The Balaban J connectivity index is 2.17. The number of carbonyl (C=O) groups is 1. The van der Waals surface area contributed by atoms with Gasteiger partial charge in [0, 0.05) is 32.4 Å². The van der Waals surface area contributed by atoms with Crippen molar-refractivity contribution >= 4 is 11.7 Å². The minimum absolute atomic E-state index is 0.0785. The molecule has 0 spiro atoms. The van der Waals surface area contributed by atoms with Crippen molar-refractivity contribution in [1.82, 2.24) is 10.4 Å². The number of amides is 1. The lowest BCUT2D eigenvalue weighted by Crippen LogP contribution is -2.50. The van der Waals surface area contributed by atoms with Gasteiger partial charge >= 0.3 is 0 Å². The maximum absolute atomic E-state index is 10.7. The zero-order valence-electron chi connectivity index (χ0n) is 7.00. The monoisotopic (exact) mass is 171 g/mol. The van der Waals surface area contributed by atoms with E-state index in [2.05, 4.69) is 0 Å². The molecule has 12 heavy (non-hydrogen) atoms. The Labute approximate surface area is 70.8 Å². The first kappa shape index (κ1) is 8.99. The third-order valence-corrected chi connectivity index (χ3v) is 2.03. The van der Waals surface area contributed by atoms with E-state index in [9.17, 15) is 4.79 Å². The summed E-state index contributed by atoms with van der Waals surface area (Å²) in [7, 11) is 0. The summed E-state index contributed by atoms with van der Waals surface area (Å²) in [5, 5.41) is 15.4. The predicted molar refractivity (Wildman–Crippen MR) is 43.0 cm³/mol. The lowest BCUT2D eigenvalue weighted by molar-refractivity contribution is -0.134. The molecule has 0 aromatic rings. The SMILES string of the molecule is CC(=O)N1CC(CC(=N)NO)C1. The van der Waals surface area contributed by atoms with Gasteiger partial charge in [-0.2, -0.15) is 0 Å². The molecule has 1 heterocycles. The molecule has 1 fully saturated rings. The van der Waals surface area contributed by atoms with Gasteiger partial charge in [-0.15, -0.1) is 0 Å². The van der Waals surface area contributed by atoms with E-state index >= 15 is 0 Å². The van der Waals surface area contributed by atoms with E-state index in [-0.39, 0.29) is 11.7 Å². The van der Waals surface area contributed by atoms with Crippen molar-refractivity contribution in [2.24, 2.45) is 5.92 Å². The first-order valence-electron chi connectivity index (χ1n) is 3.86. The Hall–Kier alpha value is -1.10. The predicted octanol–water partition coefficient (Wildman–Crippen LogP) is -0.189. The van der Waals surface area contributed by atoms with Gasteiger partial charge in [0.15, 0.2) is 0 Å². The molecule has 0 aliphatic carbocycles. The molecule has 1 rings (SSSR count). The van der Waals surface area contributed by atoms with Crippen LogP contribution < -0.4 is 5.48 Å². The number of hydrogen-bond acceptors (Lipinski definition) is 3. The number of nitrogens with zero attached hydrogens (tertiary/aromatic N) is 1. The summed E-state index contributed by atoms with van der Waals surface area (Å²) in [5.74, 6) is 0.527. The molecular weight excluding hydrogens is 158 g/mol. The van der Waals surface area contributed by atoms with Gasteiger partial charge in [0.1, 0.15) is 5.84 Å². The summed E-state index contributed by atoms with van der Waals surface area (Å²) in [6.45, 7) is 2.95. The van der Waals surface area contributed by atoms with Crippen LogP contribution in [0.15, 0.2) is 0 Å². The molecule has 0 radical (unpaired) electrons. The van der Waals surface area contributed by atoms with Gasteiger partial charge in [-0.1, -0.05) is 0 Å². The highest BCUT2D eigenvalue weighted by atomic mass is 16.5. The lowest BCUT2D eigenvalue weighted by atomic mass is 9.96. The minimum Gasteiger partial charge on any atom is -0.342 e. The van der Waals surface area contributed by atoms with Crippen molar-refractivity contribution in [3.8, 4) is 0 Å². The lowest BCUT2D eigenvalue weighted by Gasteiger charge is -2.38. The fourth-order valence-corrected chi connectivity index (χ4v) is 1.29. The molecule has 1 amide bonds. The largest absolute Gasteiger partial charge is 0.342 e. The maximum atomic E-state index is 10.7. The van der Waals surface area contributed by atoms with Crippen LogP contribution in [0.3, 0.4) is 0 Å². The van der Waals surface area contributed by atoms with E-state index in [1.54, 1.807) is 10.4 Å². The minimum atomic E-state index is 0.0785. The van der Waals surface area contributed by atoms with Gasteiger partial charge in [-0.25, -0.2) is 0 Å². The molecular formula is C7H13N3O2. The Morgan fingerprint density at radius 1 is 1.75 bits per heavy atom. The van der Waals surface area contributed by atoms with Crippen molar-refractivity contribution in [3.05, 3.63) is 0 Å². The number of hydroxylamine groups is 1. The normalized spacial score (nSPS) is 17.0. The van der Waals surface area contributed by atoms with E-state index < -0.39 is 0 Å². The summed E-state index contributed by atoms with van der Waals surface area (Å²) < 4.78 is 0. The number of rotatable bonds is 2. The van der Waals surface area contributed by atoms with Gasteiger partial charge < -0.3 is 4.90 Å². The molecule has 0 saturated carbocycles. The van der Waals surface area contributed by atoms with Crippen LogP contribution >= 0.6 is 0 Å². The fourth-order valence-electron chi connectivity index (χ4n) is 1.29. The van der Waals surface area contributed by atoms with E-state index in [4.69, 9.17) is 10.6 Å². The summed E-state index contributed by atoms with van der Waals surface area (Å²) in [5.41, 5.74) is 1.79. The topological polar surface area (TPSA) is 76.4 Å². The highest BCUT2D eigenvalue weighted by Gasteiger charge is 2.28. The third-order valence-electron chi connectivity index (χ3n) is 2.03. The van der Waals surface area contributed by atoms with Crippen LogP contribution in [0.4, 0.5) is 0 Å². The second-order valence-electron chi connectivity index (χ2n) is 3.08. The van der Waals surface area contributed by atoms with Gasteiger partial charge in [0.05, 0.1) is 0 Å². The molecule has 0 aromatic heterocycles. The smallest absolute Gasteiger partial charge is 0.219 e. The summed E-state index contributed by atoms with van der Waals surface area (Å²) in [6.07, 6.45) is 0.514. The van der Waals surface area contributed by atoms with Crippen molar-refractivity contribution in [2.45, 2.75) is 13.3 Å². The molecule has 1 saturated heterocycles. The van der Waals surface area contributed by atoms with Gasteiger partial charge in [0.2, 0.25) is 5.91 Å². The average molecular weight is 171 g/mol. The molecule has 0 bridgehead atoms. The van der Waals surface area contributed by atoms with Crippen LogP contribution in [-0.4, -0.2) is 34.9 Å². The first-order valence-corrected chi connectivity index (χ1v) is 3.86. The fraction of sp³-hybridized carbons (Fsp3) is 0.714. The molecule has 5 nitrogen and oxygen atoms in total. The summed E-state index contributed by atoms with van der Waals surface area (Å²) in [4.78, 5) is 12.5. The van der Waals surface area contributed by atoms with Crippen LogP contribution in [0.1, 0.15) is 13.3 Å². The van der Waals surface area contributed by atoms with Crippen LogP contribution in [-0.2, 0) is 4.79 Å². The Bertz CT molecular complexity index is 199. The van der Waals surface area contributed by atoms with E-state index in [1.807, 2.05) is 0 Å². The number of hydrogen-bond donors (Lipinski definition) is 3. The summed E-state index contributed by atoms with van der Waals surface area (Å²) in [6, 6.07) is 0. The molecule has 5 heteroatoms. The molecule has 68 valence electrons. The highest BCUT2D eigenvalue weighted by molar-refractivity contribution is 5.79. The molecule has 0 unspecified atom stereocenters. The Morgan fingerprint density at radius 3 is 2.75 bits per heavy atom. The van der Waals surface area contributed by atoms with E-state index in [1.165, 1.54) is 6.92 Å². The number of nitrogens with one attached hydrogen (secondary N) is 2. The zero-order chi connectivity index (χ0) is 9.14. The summed E-state index contributed by atoms with van der Waals surface area (Å²) >= 11 is 0. The van der Waals surface area contributed by atoms with E-state index in [0.717, 1.165) is 0 Å². The Kier molecular flexibility index (Phi) is 2.65. The van der Waals surface area contributed by atoms with E-state index in [0.29, 0.717) is 25.4 Å². The van der Waals surface area contributed by atoms with Gasteiger partial charge in [0.25, 0.3) is 0 Å². The second-order valence-corrected chi connectivity index (χ2v) is 3.08. The molecule has 1 aliphatic rings. The number of amidine groups is 1. The number of likely N-dealkylation sites (tertiary alicyclic amines) is 1. The molecule has 0 atom stereocenters. The zero-order valence-corrected chi connectivity index (χ0v) is 7.00. The van der Waals surface area contributed by atoms with Crippen molar-refractivity contribution in [3.63, 3.8) is 0 Å². The van der Waals surface area contributed by atoms with Crippen LogP contribution in [0.5, 0.6) is 0 Å². The second kappa shape index (κ2) is 3.53. The average Bonchev–Trinajstić information content (AvgIpc) is 1.94. The number of carbonyl (C=O) groups excluding carboxylic acids is 1. The van der Waals surface area contributed by atoms with Gasteiger partial charge in [-0.3, -0.25) is 20.9 Å². The third kappa shape index (κ3) is 1.94. The van der Waals surface area contributed by atoms with Crippen LogP contribution in [0.25, 0.3) is 0 Å². The molecule has 3 N–H and O–H groups in total. The van der Waals surface area contributed by atoms with Crippen molar-refractivity contribution in [1.29, 1.82) is 5.41 Å². The highest BCUT2D eigenvalue weighted by Crippen LogP contribution is 2.18. The van der Waals surface area contributed by atoms with Crippen molar-refractivity contribution in [2.75, 3.05) is 13.1 Å². The standard InChI is InChI=1S/C7H13N3O2/c1-5(11)10-3-6(4-10)2-7(8)9-12/h6,12H,2-4H2,1H3,(H2,8,9). The van der Waals surface area contributed by atoms with Gasteiger partial charge in [-0.05, 0) is 0 Å². The quantitative estimate of drug-likeness (QED) is 0.306. The molecule has 1 aliphatic heterocycles. The molecule has 0 aromatic carbocycles.